The fourth-order valence-electron chi connectivity index (χ4n) is 5.31. The van der Waals surface area contributed by atoms with Crippen LogP contribution >= 0.6 is 0 Å². The van der Waals surface area contributed by atoms with E-state index in [0.717, 1.165) is 25.0 Å². The van der Waals surface area contributed by atoms with Crippen molar-refractivity contribution >= 4 is 6.29 Å². The van der Waals surface area contributed by atoms with Gasteiger partial charge in [-0.1, -0.05) is 46.3 Å². The molecule has 114 valence electrons. The lowest BCUT2D eigenvalue weighted by Gasteiger charge is -2.58. The predicted octanol–water partition coefficient (Wildman–Crippen LogP) is 5.40. The molecule has 0 heterocycles. The van der Waals surface area contributed by atoms with Crippen LogP contribution in [0.5, 0.6) is 0 Å². The van der Waals surface area contributed by atoms with Gasteiger partial charge in [0.25, 0.3) is 0 Å². The summed E-state index contributed by atoms with van der Waals surface area (Å²) in [4.78, 5) is 10.9. The minimum Gasteiger partial charge on any atom is -0.303 e. The topological polar surface area (TPSA) is 17.1 Å². The third-order valence-corrected chi connectivity index (χ3v) is 6.46. The highest BCUT2D eigenvalue weighted by Gasteiger charge is 2.52. The molecule has 2 rings (SSSR count). The van der Waals surface area contributed by atoms with E-state index in [2.05, 4.69) is 27.4 Å². The third kappa shape index (κ3) is 2.73. The van der Waals surface area contributed by atoms with Crippen molar-refractivity contribution in [3.05, 3.63) is 12.2 Å². The second-order valence-corrected chi connectivity index (χ2v) is 8.34. The van der Waals surface area contributed by atoms with Gasteiger partial charge in [0.2, 0.25) is 0 Å². The van der Waals surface area contributed by atoms with Gasteiger partial charge < -0.3 is 4.79 Å². The average Bonchev–Trinajstić information content (AvgIpc) is 2.36. The Kier molecular flexibility index (Phi) is 4.47. The van der Waals surface area contributed by atoms with E-state index in [9.17, 15) is 4.79 Å². The van der Waals surface area contributed by atoms with Gasteiger partial charge in [0.1, 0.15) is 6.29 Å². The highest BCUT2D eigenvalue weighted by atomic mass is 16.1. The summed E-state index contributed by atoms with van der Waals surface area (Å²) in [5.74, 6) is 1.65. The lowest BCUT2D eigenvalue weighted by Crippen LogP contribution is -2.49. The molecular formula is C19H32O. The van der Waals surface area contributed by atoms with Crippen molar-refractivity contribution < 1.29 is 4.79 Å². The molecule has 1 nitrogen and oxygen atoms in total. The lowest BCUT2D eigenvalue weighted by molar-refractivity contribution is -0.111. The molecule has 0 amide bonds. The number of carbonyl (C=O) groups excluding carboxylic acids is 1. The predicted molar refractivity (Wildman–Crippen MR) is 85.6 cm³/mol. The van der Waals surface area contributed by atoms with E-state index >= 15 is 0 Å². The van der Waals surface area contributed by atoms with Crippen LogP contribution in [0.15, 0.2) is 12.2 Å². The number of hydrogen-bond acceptors (Lipinski definition) is 1. The minimum absolute atomic E-state index is 0.198. The molecule has 20 heavy (non-hydrogen) atoms. The Labute approximate surface area is 125 Å². The molecular weight excluding hydrogens is 244 g/mol. The van der Waals surface area contributed by atoms with Crippen LogP contribution in [0.25, 0.3) is 0 Å². The second-order valence-electron chi connectivity index (χ2n) is 8.34. The maximum atomic E-state index is 10.9. The molecule has 0 saturated heterocycles. The number of carbonyl (C=O) groups is 1. The maximum Gasteiger partial charge on any atom is 0.122 e. The Morgan fingerprint density at radius 1 is 1.35 bits per heavy atom. The molecule has 2 aliphatic rings. The monoisotopic (exact) mass is 276 g/mol. The van der Waals surface area contributed by atoms with Crippen molar-refractivity contribution in [3.63, 3.8) is 0 Å². The van der Waals surface area contributed by atoms with Gasteiger partial charge in [0, 0.05) is 5.92 Å². The Hall–Kier alpha value is -0.590. The largest absolute Gasteiger partial charge is 0.303 e. The zero-order valence-corrected chi connectivity index (χ0v) is 13.9. The van der Waals surface area contributed by atoms with Crippen LogP contribution < -0.4 is 0 Å². The normalized spacial score (nSPS) is 38.1. The van der Waals surface area contributed by atoms with Gasteiger partial charge in [0.05, 0.1) is 0 Å². The minimum atomic E-state index is 0.198. The highest BCUT2D eigenvalue weighted by molar-refractivity contribution is 5.52. The molecule has 0 aromatic rings. The van der Waals surface area contributed by atoms with Crippen molar-refractivity contribution in [1.82, 2.24) is 0 Å². The molecule has 1 heteroatoms. The molecule has 0 N–H and O–H groups in total. The molecule has 0 aliphatic heterocycles. The zero-order valence-electron chi connectivity index (χ0n) is 13.9. The van der Waals surface area contributed by atoms with Gasteiger partial charge in [-0.05, 0) is 61.2 Å². The molecule has 0 bridgehead atoms. The van der Waals surface area contributed by atoms with Crippen molar-refractivity contribution in [3.8, 4) is 0 Å². The Balaban J connectivity index is 2.19. The van der Waals surface area contributed by atoms with Gasteiger partial charge >= 0.3 is 0 Å². The van der Waals surface area contributed by atoms with Crippen LogP contribution in [-0.4, -0.2) is 6.29 Å². The van der Waals surface area contributed by atoms with Crippen molar-refractivity contribution in [2.45, 2.75) is 72.6 Å². The van der Waals surface area contributed by atoms with Gasteiger partial charge in [-0.3, -0.25) is 0 Å². The van der Waals surface area contributed by atoms with E-state index in [1.54, 1.807) is 0 Å². The number of hydrogen-bond donors (Lipinski definition) is 0. The summed E-state index contributed by atoms with van der Waals surface area (Å²) >= 11 is 0. The number of fused-ring (bicyclic) bond motifs is 1. The first kappa shape index (κ1) is 15.8. The smallest absolute Gasteiger partial charge is 0.122 e. The maximum absolute atomic E-state index is 10.9. The summed E-state index contributed by atoms with van der Waals surface area (Å²) in [6.07, 6.45) is 9.88. The van der Waals surface area contributed by atoms with E-state index < -0.39 is 0 Å². The zero-order chi connectivity index (χ0) is 15.0. The molecule has 0 aromatic heterocycles. The lowest BCUT2D eigenvalue weighted by atomic mass is 9.47. The Morgan fingerprint density at radius 3 is 2.70 bits per heavy atom. The van der Waals surface area contributed by atoms with Crippen LogP contribution in [0.4, 0.5) is 0 Å². The van der Waals surface area contributed by atoms with Crippen LogP contribution in [0, 0.1) is 28.6 Å². The van der Waals surface area contributed by atoms with Crippen molar-refractivity contribution in [2.75, 3.05) is 0 Å². The molecule has 1 unspecified atom stereocenters. The molecule has 0 spiro atoms. The number of aldehydes is 1. The SMILES string of the molecule is C=C1CC[C@H]2C(C)(C)CCC[C@]2(C)[C@H]1CCC(C)C=O. The Bertz CT molecular complexity index is 381. The van der Waals surface area contributed by atoms with Gasteiger partial charge in [-0.2, -0.15) is 0 Å². The highest BCUT2D eigenvalue weighted by Crippen LogP contribution is 2.61. The quantitative estimate of drug-likeness (QED) is 0.496. The van der Waals surface area contributed by atoms with E-state index in [4.69, 9.17) is 0 Å². The van der Waals surface area contributed by atoms with Crippen LogP contribution in [0.2, 0.25) is 0 Å². The third-order valence-electron chi connectivity index (χ3n) is 6.46. The molecule has 4 atom stereocenters. The first-order valence-corrected chi connectivity index (χ1v) is 8.44. The van der Waals surface area contributed by atoms with Crippen LogP contribution in [0.1, 0.15) is 72.6 Å². The first-order valence-electron chi connectivity index (χ1n) is 8.44. The number of rotatable bonds is 4. The standard InChI is InChI=1S/C19H32O/c1-14(13-20)7-9-16-15(2)8-10-17-18(3,4)11-6-12-19(16,17)5/h13-14,16-17H,2,6-12H2,1,3-5H3/t14?,16-,17-,19+/m0/s1. The molecule has 0 aromatic carbocycles. The summed E-state index contributed by atoms with van der Waals surface area (Å²) in [5.41, 5.74) is 2.35. The van der Waals surface area contributed by atoms with Gasteiger partial charge in [0.15, 0.2) is 0 Å². The molecule has 2 fully saturated rings. The van der Waals surface area contributed by atoms with Crippen molar-refractivity contribution in [2.24, 2.45) is 28.6 Å². The Morgan fingerprint density at radius 2 is 2.05 bits per heavy atom. The van der Waals surface area contributed by atoms with Crippen LogP contribution in [-0.2, 0) is 4.79 Å². The molecule has 2 saturated carbocycles. The second kappa shape index (κ2) is 5.66. The summed E-state index contributed by atoms with van der Waals surface area (Å²) in [6.45, 7) is 13.9. The van der Waals surface area contributed by atoms with Gasteiger partial charge in [-0.25, -0.2) is 0 Å². The van der Waals surface area contributed by atoms with E-state index in [1.165, 1.54) is 37.7 Å². The summed E-state index contributed by atoms with van der Waals surface area (Å²) in [5, 5.41) is 0. The van der Waals surface area contributed by atoms with E-state index in [-0.39, 0.29) is 5.92 Å². The molecule has 0 radical (unpaired) electrons. The van der Waals surface area contributed by atoms with Crippen molar-refractivity contribution in [1.29, 1.82) is 0 Å². The summed E-state index contributed by atoms with van der Waals surface area (Å²) < 4.78 is 0. The van der Waals surface area contributed by atoms with E-state index in [0.29, 0.717) is 16.7 Å². The van der Waals surface area contributed by atoms with E-state index in [1.807, 2.05) is 6.92 Å². The summed E-state index contributed by atoms with van der Waals surface area (Å²) in [7, 11) is 0. The summed E-state index contributed by atoms with van der Waals surface area (Å²) in [6, 6.07) is 0. The number of allylic oxidation sites excluding steroid dienone is 1. The fourth-order valence-corrected chi connectivity index (χ4v) is 5.31. The van der Waals surface area contributed by atoms with Gasteiger partial charge in [-0.15, -0.1) is 0 Å². The average molecular weight is 276 g/mol. The molecule has 2 aliphatic carbocycles. The fraction of sp³-hybridized carbons (Fsp3) is 0.842. The first-order chi connectivity index (χ1) is 9.31. The van der Waals surface area contributed by atoms with Crippen LogP contribution in [0.3, 0.4) is 0 Å².